The number of fused-ring (bicyclic) bond motifs is 1. The molecule has 0 aromatic heterocycles. The van der Waals surface area contributed by atoms with Crippen LogP contribution in [0.25, 0.3) is 10.8 Å². The number of benzene rings is 3. The average Bonchev–Trinajstić information content (AvgIpc) is 2.64. The van der Waals surface area contributed by atoms with Crippen molar-refractivity contribution in [3.05, 3.63) is 70.2 Å². The van der Waals surface area contributed by atoms with Gasteiger partial charge in [-0.15, -0.1) is 0 Å². The molecule has 0 unspecified atom stereocenters. The molecule has 3 rings (SSSR count). The Balaban J connectivity index is 1.92. The fourth-order valence-corrected chi connectivity index (χ4v) is 3.01. The molecule has 3 aromatic rings. The summed E-state index contributed by atoms with van der Waals surface area (Å²) in [4.78, 5) is 24.3. The van der Waals surface area contributed by atoms with E-state index in [-0.39, 0.29) is 11.8 Å². The molecule has 0 aliphatic rings. The number of halogens is 2. The van der Waals surface area contributed by atoms with E-state index >= 15 is 0 Å². The van der Waals surface area contributed by atoms with Crippen molar-refractivity contribution in [3.63, 3.8) is 0 Å². The lowest BCUT2D eigenvalue weighted by molar-refractivity contribution is -0.115. The maximum absolute atomic E-state index is 12.8. The standard InChI is InChI=1S/C20H16Cl2N2O2/c1-2-19(25)23-12-9-10-17(22)18(11-12)24-20(26)15-7-3-6-14-13(15)5-4-8-16(14)21/h3-11H,2H2,1H3,(H,23,25)(H,24,26). The van der Waals surface area contributed by atoms with Gasteiger partial charge < -0.3 is 10.6 Å². The third-order valence-corrected chi connectivity index (χ3v) is 4.59. The van der Waals surface area contributed by atoms with Crippen LogP contribution in [0.1, 0.15) is 23.7 Å². The Hall–Kier alpha value is -2.56. The Kier molecular flexibility index (Phi) is 5.45. The van der Waals surface area contributed by atoms with E-state index in [2.05, 4.69) is 10.6 Å². The Bertz CT molecular complexity index is 1000. The molecule has 0 atom stereocenters. The topological polar surface area (TPSA) is 58.2 Å². The van der Waals surface area contributed by atoms with Gasteiger partial charge in [-0.25, -0.2) is 0 Å². The second-order valence-electron chi connectivity index (χ2n) is 5.69. The Labute approximate surface area is 161 Å². The molecule has 0 bridgehead atoms. The summed E-state index contributed by atoms with van der Waals surface area (Å²) < 4.78 is 0. The fraction of sp³-hybridized carbons (Fsp3) is 0.100. The molecule has 132 valence electrons. The van der Waals surface area contributed by atoms with Crippen molar-refractivity contribution in [2.75, 3.05) is 10.6 Å². The third kappa shape index (κ3) is 3.82. The molecule has 6 heteroatoms. The molecular formula is C20H16Cl2N2O2. The van der Waals surface area contributed by atoms with E-state index in [1.54, 1.807) is 49.4 Å². The third-order valence-electron chi connectivity index (χ3n) is 3.93. The van der Waals surface area contributed by atoms with Crippen LogP contribution in [0, 0.1) is 0 Å². The molecule has 4 nitrogen and oxygen atoms in total. The molecular weight excluding hydrogens is 371 g/mol. The zero-order valence-electron chi connectivity index (χ0n) is 14.0. The number of rotatable bonds is 4. The van der Waals surface area contributed by atoms with Gasteiger partial charge in [0.15, 0.2) is 0 Å². The summed E-state index contributed by atoms with van der Waals surface area (Å²) in [6.45, 7) is 1.76. The normalized spacial score (nSPS) is 10.6. The SMILES string of the molecule is CCC(=O)Nc1ccc(Cl)c(NC(=O)c2cccc3c(Cl)cccc23)c1. The number of carbonyl (C=O) groups is 2. The molecule has 26 heavy (non-hydrogen) atoms. The molecule has 0 fully saturated rings. The van der Waals surface area contributed by atoms with Crippen molar-refractivity contribution >= 4 is 57.2 Å². The lowest BCUT2D eigenvalue weighted by Crippen LogP contribution is -2.14. The van der Waals surface area contributed by atoms with Gasteiger partial charge in [-0.05, 0) is 35.7 Å². The van der Waals surface area contributed by atoms with Gasteiger partial charge in [-0.2, -0.15) is 0 Å². The van der Waals surface area contributed by atoms with Crippen LogP contribution in [0.15, 0.2) is 54.6 Å². The lowest BCUT2D eigenvalue weighted by Gasteiger charge is -2.12. The number of carbonyl (C=O) groups excluding carboxylic acids is 2. The Morgan fingerprint density at radius 2 is 1.62 bits per heavy atom. The quantitative estimate of drug-likeness (QED) is 0.599. The molecule has 0 saturated carbocycles. The molecule has 0 saturated heterocycles. The molecule has 0 aliphatic heterocycles. The van der Waals surface area contributed by atoms with Gasteiger partial charge in [-0.1, -0.05) is 54.4 Å². The maximum atomic E-state index is 12.8. The number of amides is 2. The molecule has 0 heterocycles. The number of nitrogens with one attached hydrogen (secondary N) is 2. The van der Waals surface area contributed by atoms with Gasteiger partial charge in [-0.3, -0.25) is 9.59 Å². The molecule has 3 aromatic carbocycles. The van der Waals surface area contributed by atoms with Crippen molar-refractivity contribution < 1.29 is 9.59 Å². The van der Waals surface area contributed by atoms with E-state index in [1.807, 2.05) is 12.1 Å². The van der Waals surface area contributed by atoms with Crippen molar-refractivity contribution in [2.45, 2.75) is 13.3 Å². The van der Waals surface area contributed by atoms with Gasteiger partial charge in [0, 0.05) is 28.1 Å². The summed E-state index contributed by atoms with van der Waals surface area (Å²) in [5.74, 6) is -0.424. The zero-order valence-corrected chi connectivity index (χ0v) is 15.5. The number of anilines is 2. The summed E-state index contributed by atoms with van der Waals surface area (Å²) in [5.41, 5.74) is 1.48. The smallest absolute Gasteiger partial charge is 0.256 e. The fourth-order valence-electron chi connectivity index (χ4n) is 2.61. The first-order valence-electron chi connectivity index (χ1n) is 8.07. The van der Waals surface area contributed by atoms with Crippen LogP contribution >= 0.6 is 23.2 Å². The van der Waals surface area contributed by atoms with Crippen molar-refractivity contribution in [2.24, 2.45) is 0 Å². The highest BCUT2D eigenvalue weighted by atomic mass is 35.5. The van der Waals surface area contributed by atoms with Crippen LogP contribution in [0.3, 0.4) is 0 Å². The summed E-state index contributed by atoms with van der Waals surface area (Å²) in [5, 5.41) is 8.07. The second-order valence-corrected chi connectivity index (χ2v) is 6.51. The van der Waals surface area contributed by atoms with Crippen molar-refractivity contribution in [1.29, 1.82) is 0 Å². The highest BCUT2D eigenvalue weighted by Gasteiger charge is 2.13. The van der Waals surface area contributed by atoms with E-state index in [4.69, 9.17) is 23.2 Å². The van der Waals surface area contributed by atoms with E-state index in [0.717, 1.165) is 10.8 Å². The highest BCUT2D eigenvalue weighted by molar-refractivity contribution is 6.36. The number of hydrogen-bond acceptors (Lipinski definition) is 2. The van der Waals surface area contributed by atoms with Gasteiger partial charge in [0.25, 0.3) is 5.91 Å². The molecule has 0 spiro atoms. The van der Waals surface area contributed by atoms with Crippen molar-refractivity contribution in [3.8, 4) is 0 Å². The van der Waals surface area contributed by atoms with Gasteiger partial charge >= 0.3 is 0 Å². The molecule has 2 amide bonds. The minimum absolute atomic E-state index is 0.117. The van der Waals surface area contributed by atoms with Crippen LogP contribution in [0.2, 0.25) is 10.0 Å². The molecule has 0 aliphatic carbocycles. The van der Waals surface area contributed by atoms with Crippen LogP contribution in [-0.4, -0.2) is 11.8 Å². The minimum atomic E-state index is -0.307. The predicted octanol–water partition coefficient (Wildman–Crippen LogP) is 5.75. The molecule has 2 N–H and O–H groups in total. The molecule has 0 radical (unpaired) electrons. The van der Waals surface area contributed by atoms with Gasteiger partial charge in [0.2, 0.25) is 5.91 Å². The minimum Gasteiger partial charge on any atom is -0.326 e. The second kappa shape index (κ2) is 7.77. The van der Waals surface area contributed by atoms with E-state index in [0.29, 0.717) is 33.4 Å². The summed E-state index contributed by atoms with van der Waals surface area (Å²) in [7, 11) is 0. The average molecular weight is 387 g/mol. The highest BCUT2D eigenvalue weighted by Crippen LogP contribution is 2.29. The van der Waals surface area contributed by atoms with Gasteiger partial charge in [0.1, 0.15) is 0 Å². The predicted molar refractivity (Wildman–Crippen MR) is 107 cm³/mol. The maximum Gasteiger partial charge on any atom is 0.256 e. The first-order chi connectivity index (χ1) is 12.5. The van der Waals surface area contributed by atoms with E-state index < -0.39 is 0 Å². The van der Waals surface area contributed by atoms with Crippen LogP contribution in [0.4, 0.5) is 11.4 Å². The zero-order chi connectivity index (χ0) is 18.7. The van der Waals surface area contributed by atoms with Crippen molar-refractivity contribution in [1.82, 2.24) is 0 Å². The number of hydrogen-bond donors (Lipinski definition) is 2. The van der Waals surface area contributed by atoms with Crippen LogP contribution < -0.4 is 10.6 Å². The first kappa shape index (κ1) is 18.2. The summed E-state index contributed by atoms with van der Waals surface area (Å²) in [6.07, 6.45) is 0.362. The van der Waals surface area contributed by atoms with E-state index in [9.17, 15) is 9.59 Å². The first-order valence-corrected chi connectivity index (χ1v) is 8.83. The monoisotopic (exact) mass is 386 g/mol. The van der Waals surface area contributed by atoms with E-state index in [1.165, 1.54) is 0 Å². The summed E-state index contributed by atoms with van der Waals surface area (Å²) >= 11 is 12.4. The van der Waals surface area contributed by atoms with Crippen LogP contribution in [0.5, 0.6) is 0 Å². The van der Waals surface area contributed by atoms with Gasteiger partial charge in [0.05, 0.1) is 10.7 Å². The Morgan fingerprint density at radius 1 is 0.885 bits per heavy atom. The summed E-state index contributed by atoms with van der Waals surface area (Å²) in [6, 6.07) is 15.7. The van der Waals surface area contributed by atoms with Crippen LogP contribution in [-0.2, 0) is 4.79 Å². The Morgan fingerprint density at radius 3 is 2.38 bits per heavy atom. The largest absolute Gasteiger partial charge is 0.326 e. The lowest BCUT2D eigenvalue weighted by atomic mass is 10.0.